The van der Waals surface area contributed by atoms with Crippen LogP contribution in [0.4, 0.5) is 0 Å². The molecule has 0 spiro atoms. The Hall–Kier alpha value is -6.55. The third-order valence-electron chi connectivity index (χ3n) is 7.30. The highest BCUT2D eigenvalue weighted by Crippen LogP contribution is 2.21. The first-order chi connectivity index (χ1) is 24.4. The Balaban J connectivity index is 1.53. The Labute approximate surface area is 288 Å². The summed E-state index contributed by atoms with van der Waals surface area (Å²) in [5.41, 5.74) is 0.840. The Bertz CT molecular complexity index is 1750. The van der Waals surface area contributed by atoms with Crippen molar-refractivity contribution in [3.8, 4) is 0 Å². The number of esters is 5. The third kappa shape index (κ3) is 9.74. The molecule has 0 heterocycles. The zero-order valence-corrected chi connectivity index (χ0v) is 26.7. The summed E-state index contributed by atoms with van der Waals surface area (Å²) in [6.45, 7) is -1.27. The van der Waals surface area contributed by atoms with Gasteiger partial charge >= 0.3 is 29.8 Å². The number of hydrogen-bond acceptors (Lipinski definition) is 10. The predicted octanol–water partition coefficient (Wildman–Crippen LogP) is 6.38. The van der Waals surface area contributed by atoms with Crippen molar-refractivity contribution in [2.45, 2.75) is 18.3 Å². The fraction of sp³-hybridized carbons (Fsp3) is 0.125. The van der Waals surface area contributed by atoms with Crippen molar-refractivity contribution >= 4 is 29.8 Å². The lowest BCUT2D eigenvalue weighted by Gasteiger charge is -2.32. The Morgan fingerprint density at radius 2 is 0.580 bits per heavy atom. The SMILES string of the molecule is O=C(OC[C@H](OC(=O)c1ccccc1)C(OC(=O)c1ccccc1)[C@H](COC(=O)c1ccccc1)OC(=O)c1ccccc1)c1ccccc1. The number of hydrogen-bond donors (Lipinski definition) is 0. The predicted molar refractivity (Wildman–Crippen MR) is 180 cm³/mol. The standard InChI is InChI=1S/C40H32O10/c41-36(28-16-6-1-7-17-28)46-26-33(48-38(43)30-20-10-3-11-21-30)35(50-40(45)32-24-14-5-15-25-32)34(49-39(44)31-22-12-4-13-23-31)27-47-37(42)29-18-8-2-9-19-29/h1-25,33-35H,26-27H2/t33-,34-/m0/s1. The van der Waals surface area contributed by atoms with Gasteiger partial charge in [0.15, 0.2) is 18.3 Å². The van der Waals surface area contributed by atoms with Crippen LogP contribution in [-0.4, -0.2) is 61.4 Å². The van der Waals surface area contributed by atoms with Gasteiger partial charge in [0.25, 0.3) is 0 Å². The first-order valence-corrected chi connectivity index (χ1v) is 15.6. The minimum Gasteiger partial charge on any atom is -0.458 e. The van der Waals surface area contributed by atoms with Crippen molar-refractivity contribution in [3.05, 3.63) is 179 Å². The van der Waals surface area contributed by atoms with Gasteiger partial charge in [-0.2, -0.15) is 0 Å². The highest BCUT2D eigenvalue weighted by Gasteiger charge is 2.41. The number of carbonyl (C=O) groups is 5. The molecule has 5 aromatic carbocycles. The molecule has 50 heavy (non-hydrogen) atoms. The molecule has 0 bridgehead atoms. The molecule has 0 aromatic heterocycles. The average molecular weight is 673 g/mol. The van der Waals surface area contributed by atoms with Crippen molar-refractivity contribution in [1.29, 1.82) is 0 Å². The van der Waals surface area contributed by atoms with Gasteiger partial charge in [-0.05, 0) is 60.7 Å². The summed E-state index contributed by atoms with van der Waals surface area (Å²) in [6, 6.07) is 40.1. The fourth-order valence-electron chi connectivity index (χ4n) is 4.74. The quantitative estimate of drug-likeness (QED) is 0.0968. The van der Waals surface area contributed by atoms with Crippen LogP contribution in [0.2, 0.25) is 0 Å². The summed E-state index contributed by atoms with van der Waals surface area (Å²) < 4.78 is 28.8. The van der Waals surface area contributed by atoms with E-state index in [0.717, 1.165) is 0 Å². The van der Waals surface area contributed by atoms with Crippen LogP contribution in [0.25, 0.3) is 0 Å². The summed E-state index contributed by atoms with van der Waals surface area (Å²) in [7, 11) is 0. The number of benzene rings is 5. The molecule has 0 fully saturated rings. The van der Waals surface area contributed by atoms with Crippen LogP contribution in [0.15, 0.2) is 152 Å². The van der Waals surface area contributed by atoms with E-state index in [1.807, 2.05) is 0 Å². The number of ether oxygens (including phenoxy) is 5. The van der Waals surface area contributed by atoms with E-state index >= 15 is 0 Å². The maximum absolute atomic E-state index is 13.6. The van der Waals surface area contributed by atoms with E-state index in [2.05, 4.69) is 0 Å². The first kappa shape index (κ1) is 34.8. The molecule has 0 saturated carbocycles. The van der Waals surface area contributed by atoms with E-state index in [1.165, 1.54) is 60.7 Å². The largest absolute Gasteiger partial charge is 0.458 e. The molecule has 10 heteroatoms. The van der Waals surface area contributed by atoms with Gasteiger partial charge in [0, 0.05) is 0 Å². The molecule has 252 valence electrons. The zero-order chi connectivity index (χ0) is 35.1. The second-order valence-electron chi connectivity index (χ2n) is 10.8. The lowest BCUT2D eigenvalue weighted by atomic mass is 10.1. The molecule has 0 aliphatic carbocycles. The molecule has 0 radical (unpaired) electrons. The highest BCUT2D eigenvalue weighted by atomic mass is 16.6. The first-order valence-electron chi connectivity index (χ1n) is 15.6. The van der Waals surface area contributed by atoms with Crippen molar-refractivity contribution in [3.63, 3.8) is 0 Å². The van der Waals surface area contributed by atoms with E-state index < -0.39 is 61.4 Å². The van der Waals surface area contributed by atoms with E-state index in [9.17, 15) is 24.0 Å². The van der Waals surface area contributed by atoms with Gasteiger partial charge in [0.1, 0.15) is 13.2 Å². The van der Waals surface area contributed by atoms with Crippen molar-refractivity contribution in [2.24, 2.45) is 0 Å². The molecule has 0 N–H and O–H groups in total. The summed E-state index contributed by atoms with van der Waals surface area (Å²) in [5, 5.41) is 0. The van der Waals surface area contributed by atoms with Crippen LogP contribution >= 0.6 is 0 Å². The van der Waals surface area contributed by atoms with E-state index in [4.69, 9.17) is 23.7 Å². The van der Waals surface area contributed by atoms with Crippen LogP contribution in [0.3, 0.4) is 0 Å². The Kier molecular flexibility index (Phi) is 12.2. The molecule has 0 amide bonds. The topological polar surface area (TPSA) is 132 Å². The molecule has 0 saturated heterocycles. The average Bonchev–Trinajstić information content (AvgIpc) is 3.18. The van der Waals surface area contributed by atoms with Gasteiger partial charge in [-0.3, -0.25) is 0 Å². The molecule has 2 atom stereocenters. The van der Waals surface area contributed by atoms with Crippen molar-refractivity contribution < 1.29 is 47.7 Å². The smallest absolute Gasteiger partial charge is 0.338 e. The lowest BCUT2D eigenvalue weighted by molar-refractivity contribution is -0.112. The molecule has 0 unspecified atom stereocenters. The van der Waals surface area contributed by atoms with Crippen LogP contribution < -0.4 is 0 Å². The maximum Gasteiger partial charge on any atom is 0.338 e. The highest BCUT2D eigenvalue weighted by molar-refractivity contribution is 5.92. The van der Waals surface area contributed by atoms with Gasteiger partial charge in [0.2, 0.25) is 0 Å². The van der Waals surface area contributed by atoms with Crippen LogP contribution in [0.1, 0.15) is 51.8 Å². The van der Waals surface area contributed by atoms with E-state index in [0.29, 0.717) is 0 Å². The van der Waals surface area contributed by atoms with Gasteiger partial charge in [-0.25, -0.2) is 24.0 Å². The Morgan fingerprint density at radius 3 is 0.860 bits per heavy atom. The van der Waals surface area contributed by atoms with Crippen molar-refractivity contribution in [2.75, 3.05) is 13.2 Å². The lowest BCUT2D eigenvalue weighted by Crippen LogP contribution is -2.50. The summed E-state index contributed by atoms with van der Waals surface area (Å²) >= 11 is 0. The molecule has 5 rings (SSSR count). The molecule has 10 nitrogen and oxygen atoms in total. The number of carbonyl (C=O) groups excluding carboxylic acids is 5. The van der Waals surface area contributed by atoms with Crippen molar-refractivity contribution in [1.82, 2.24) is 0 Å². The summed E-state index contributed by atoms with van der Waals surface area (Å²) in [6.07, 6.45) is -4.78. The minimum absolute atomic E-state index is 0.126. The fourth-order valence-corrected chi connectivity index (χ4v) is 4.74. The second-order valence-corrected chi connectivity index (χ2v) is 10.8. The molecule has 0 aliphatic heterocycles. The van der Waals surface area contributed by atoms with Gasteiger partial charge in [0.05, 0.1) is 27.8 Å². The third-order valence-corrected chi connectivity index (χ3v) is 7.30. The summed E-state index contributed by atoms with van der Waals surface area (Å²) in [5.74, 6) is -4.08. The number of rotatable bonds is 14. The van der Waals surface area contributed by atoms with E-state index in [-0.39, 0.29) is 27.8 Å². The normalized spacial score (nSPS) is 11.8. The van der Waals surface area contributed by atoms with Gasteiger partial charge in [-0.15, -0.1) is 0 Å². The van der Waals surface area contributed by atoms with Gasteiger partial charge < -0.3 is 23.7 Å². The second kappa shape index (κ2) is 17.6. The molecule has 0 aliphatic rings. The molecular formula is C40H32O10. The molecular weight excluding hydrogens is 640 g/mol. The Morgan fingerprint density at radius 1 is 0.340 bits per heavy atom. The zero-order valence-electron chi connectivity index (χ0n) is 26.7. The van der Waals surface area contributed by atoms with E-state index in [1.54, 1.807) is 91.0 Å². The maximum atomic E-state index is 13.6. The minimum atomic E-state index is -1.66. The summed E-state index contributed by atoms with van der Waals surface area (Å²) in [4.78, 5) is 66.6. The van der Waals surface area contributed by atoms with Crippen LogP contribution in [0, 0.1) is 0 Å². The van der Waals surface area contributed by atoms with Crippen LogP contribution in [-0.2, 0) is 23.7 Å². The van der Waals surface area contributed by atoms with Crippen LogP contribution in [0.5, 0.6) is 0 Å². The monoisotopic (exact) mass is 672 g/mol. The van der Waals surface area contributed by atoms with Gasteiger partial charge in [-0.1, -0.05) is 91.0 Å². The molecule has 5 aromatic rings.